The minimum Gasteiger partial charge on any atom is -0.392 e. The van der Waals surface area contributed by atoms with Crippen molar-refractivity contribution in [3.8, 4) is 0 Å². The van der Waals surface area contributed by atoms with Crippen LogP contribution in [0.2, 0.25) is 0 Å². The molecule has 0 aliphatic carbocycles. The second-order valence-electron chi connectivity index (χ2n) is 6.31. The summed E-state index contributed by atoms with van der Waals surface area (Å²) in [6.45, 7) is 0.132. The molecule has 1 heterocycles. The number of primary amides is 1. The van der Waals surface area contributed by atoms with Gasteiger partial charge < -0.3 is 15.4 Å². The van der Waals surface area contributed by atoms with Gasteiger partial charge in [-0.15, -0.1) is 0 Å². The molecule has 0 saturated heterocycles. The molecule has 1 radical (unpaired) electrons. The largest absolute Gasteiger partial charge is 0.392 e. The molecule has 3 N–H and O–H groups in total. The SMILES string of the molecule is NC(=O)c1cccc2c1c1[c]cc(CO)cc1n2Cc1ccc(Br)cc1F. The van der Waals surface area contributed by atoms with Crippen molar-refractivity contribution in [2.75, 3.05) is 0 Å². The van der Waals surface area contributed by atoms with Crippen molar-refractivity contribution in [3.63, 3.8) is 0 Å². The van der Waals surface area contributed by atoms with Crippen molar-refractivity contribution < 1.29 is 14.3 Å². The lowest BCUT2D eigenvalue weighted by atomic mass is 10.0. The van der Waals surface area contributed by atoms with Crippen molar-refractivity contribution in [2.24, 2.45) is 5.73 Å². The summed E-state index contributed by atoms with van der Waals surface area (Å²) in [4.78, 5) is 11.9. The van der Waals surface area contributed by atoms with E-state index in [-0.39, 0.29) is 19.0 Å². The summed E-state index contributed by atoms with van der Waals surface area (Å²) in [7, 11) is 0. The molecule has 0 spiro atoms. The van der Waals surface area contributed by atoms with Gasteiger partial charge in [-0.25, -0.2) is 4.39 Å². The second kappa shape index (κ2) is 6.79. The number of hydrogen-bond donors (Lipinski definition) is 2. The first kappa shape index (κ1) is 17.7. The van der Waals surface area contributed by atoms with Crippen molar-refractivity contribution in [1.29, 1.82) is 0 Å². The Bertz CT molecular complexity index is 1200. The number of aliphatic hydroxyl groups excluding tert-OH is 1. The van der Waals surface area contributed by atoms with Gasteiger partial charge in [0.05, 0.1) is 24.2 Å². The number of halogens is 2. The van der Waals surface area contributed by atoms with Crippen molar-refractivity contribution in [1.82, 2.24) is 4.57 Å². The molecule has 27 heavy (non-hydrogen) atoms. The Labute approximate surface area is 163 Å². The minimum absolute atomic E-state index is 0.136. The smallest absolute Gasteiger partial charge is 0.249 e. The maximum Gasteiger partial charge on any atom is 0.249 e. The highest BCUT2D eigenvalue weighted by atomic mass is 79.9. The van der Waals surface area contributed by atoms with Gasteiger partial charge in [0.15, 0.2) is 0 Å². The molecule has 4 nitrogen and oxygen atoms in total. The predicted octanol–water partition coefficient (Wildman–Crippen LogP) is 4.14. The molecule has 0 aliphatic rings. The van der Waals surface area contributed by atoms with Gasteiger partial charge in [0.1, 0.15) is 5.82 Å². The van der Waals surface area contributed by atoms with E-state index in [1.807, 2.05) is 16.7 Å². The Morgan fingerprint density at radius 1 is 1.22 bits per heavy atom. The number of aliphatic hydroxyl groups is 1. The normalized spacial score (nSPS) is 11.4. The third kappa shape index (κ3) is 3.01. The van der Waals surface area contributed by atoms with E-state index in [0.717, 1.165) is 11.0 Å². The van der Waals surface area contributed by atoms with Crippen LogP contribution in [-0.2, 0) is 13.2 Å². The van der Waals surface area contributed by atoms with E-state index in [0.29, 0.717) is 31.9 Å². The lowest BCUT2D eigenvalue weighted by Crippen LogP contribution is -2.11. The molecule has 3 aromatic carbocycles. The van der Waals surface area contributed by atoms with Crippen LogP contribution in [0.4, 0.5) is 4.39 Å². The molecule has 6 heteroatoms. The van der Waals surface area contributed by atoms with E-state index >= 15 is 0 Å². The molecule has 0 unspecified atom stereocenters. The first-order valence-electron chi connectivity index (χ1n) is 8.29. The summed E-state index contributed by atoms with van der Waals surface area (Å²) in [5, 5.41) is 10.9. The number of aromatic nitrogens is 1. The third-order valence-electron chi connectivity index (χ3n) is 4.65. The fourth-order valence-corrected chi connectivity index (χ4v) is 3.72. The van der Waals surface area contributed by atoms with Gasteiger partial charge in [-0.2, -0.15) is 0 Å². The van der Waals surface area contributed by atoms with Crippen LogP contribution in [0.1, 0.15) is 21.5 Å². The van der Waals surface area contributed by atoms with E-state index in [4.69, 9.17) is 5.73 Å². The van der Waals surface area contributed by atoms with Crippen LogP contribution in [-0.4, -0.2) is 15.6 Å². The summed E-state index contributed by atoms with van der Waals surface area (Å²) in [5.74, 6) is -0.859. The third-order valence-corrected chi connectivity index (χ3v) is 5.14. The highest BCUT2D eigenvalue weighted by molar-refractivity contribution is 9.10. The Balaban J connectivity index is 2.04. The zero-order chi connectivity index (χ0) is 19.1. The fraction of sp³-hybridized carbons (Fsp3) is 0.0952. The molecule has 4 rings (SSSR count). The predicted molar refractivity (Wildman–Crippen MR) is 106 cm³/mol. The molecule has 135 valence electrons. The second-order valence-corrected chi connectivity index (χ2v) is 7.23. The van der Waals surface area contributed by atoms with E-state index in [9.17, 15) is 14.3 Å². The van der Waals surface area contributed by atoms with Gasteiger partial charge in [0, 0.05) is 26.4 Å². The lowest BCUT2D eigenvalue weighted by Gasteiger charge is -2.10. The topological polar surface area (TPSA) is 68.2 Å². The van der Waals surface area contributed by atoms with Crippen LogP contribution in [0, 0.1) is 11.9 Å². The number of nitrogens with zero attached hydrogens (tertiary/aromatic N) is 1. The number of amides is 1. The molecular formula is C21H15BrFN2O2. The number of carbonyl (C=O) groups is 1. The van der Waals surface area contributed by atoms with Gasteiger partial charge in [-0.05, 0) is 48.0 Å². The average molecular weight is 426 g/mol. The summed E-state index contributed by atoms with van der Waals surface area (Å²) in [6.07, 6.45) is 0. The van der Waals surface area contributed by atoms with Gasteiger partial charge in [-0.3, -0.25) is 4.79 Å². The Hall–Kier alpha value is -2.70. The molecule has 4 aromatic rings. The monoisotopic (exact) mass is 425 g/mol. The van der Waals surface area contributed by atoms with E-state index in [1.165, 1.54) is 6.07 Å². The van der Waals surface area contributed by atoms with Crippen LogP contribution < -0.4 is 5.73 Å². The Morgan fingerprint density at radius 2 is 2.04 bits per heavy atom. The molecule has 0 fully saturated rings. The van der Waals surface area contributed by atoms with Gasteiger partial charge in [0.25, 0.3) is 0 Å². The highest BCUT2D eigenvalue weighted by Gasteiger charge is 2.18. The van der Waals surface area contributed by atoms with Crippen molar-refractivity contribution in [2.45, 2.75) is 13.2 Å². The number of benzene rings is 3. The zero-order valence-electron chi connectivity index (χ0n) is 14.2. The Kier molecular flexibility index (Phi) is 4.45. The molecule has 0 aliphatic heterocycles. The first-order chi connectivity index (χ1) is 13.0. The fourth-order valence-electron chi connectivity index (χ4n) is 3.39. The lowest BCUT2D eigenvalue weighted by molar-refractivity contribution is 0.100. The maximum atomic E-state index is 14.4. The highest BCUT2D eigenvalue weighted by Crippen LogP contribution is 2.33. The number of carbonyl (C=O) groups excluding carboxylic acids is 1. The number of fused-ring (bicyclic) bond motifs is 3. The van der Waals surface area contributed by atoms with Crippen molar-refractivity contribution in [3.05, 3.63) is 81.6 Å². The van der Waals surface area contributed by atoms with Gasteiger partial charge in [-0.1, -0.05) is 28.1 Å². The van der Waals surface area contributed by atoms with Crippen LogP contribution in [0.15, 0.2) is 53.0 Å². The van der Waals surface area contributed by atoms with E-state index in [1.54, 1.807) is 30.3 Å². The van der Waals surface area contributed by atoms with E-state index in [2.05, 4.69) is 22.0 Å². The average Bonchev–Trinajstić information content (AvgIpc) is 2.97. The molecule has 0 bridgehead atoms. The molecule has 1 aromatic heterocycles. The standard InChI is InChI=1S/C21H15BrFN2O2/c22-14-6-5-13(17(23)9-14)10-25-18-3-1-2-16(21(24)27)20(18)15-7-4-12(11-26)8-19(15)25/h1-6,8-9,26H,10-11H2,(H2,24,27). The van der Waals surface area contributed by atoms with Crippen LogP contribution in [0.3, 0.4) is 0 Å². The quantitative estimate of drug-likeness (QED) is 0.515. The van der Waals surface area contributed by atoms with Crippen LogP contribution in [0.5, 0.6) is 0 Å². The summed E-state index contributed by atoms with van der Waals surface area (Å²) >= 11 is 3.27. The number of rotatable bonds is 4. The first-order valence-corrected chi connectivity index (χ1v) is 9.09. The summed E-state index contributed by atoms with van der Waals surface area (Å²) in [5.41, 5.74) is 8.66. The van der Waals surface area contributed by atoms with Gasteiger partial charge in [0.2, 0.25) is 5.91 Å². The number of hydrogen-bond acceptors (Lipinski definition) is 2. The Morgan fingerprint density at radius 3 is 2.74 bits per heavy atom. The summed E-state index contributed by atoms with van der Waals surface area (Å²) < 4.78 is 17.0. The zero-order valence-corrected chi connectivity index (χ0v) is 15.8. The van der Waals surface area contributed by atoms with Crippen molar-refractivity contribution >= 4 is 43.6 Å². The molecular weight excluding hydrogens is 411 g/mol. The van der Waals surface area contributed by atoms with Gasteiger partial charge >= 0.3 is 0 Å². The maximum absolute atomic E-state index is 14.4. The minimum atomic E-state index is -0.533. The summed E-state index contributed by atoms with van der Waals surface area (Å²) in [6, 6.07) is 16.9. The number of nitrogens with two attached hydrogens (primary N) is 1. The van der Waals surface area contributed by atoms with E-state index < -0.39 is 5.91 Å². The van der Waals surface area contributed by atoms with Crippen LogP contribution >= 0.6 is 15.9 Å². The molecule has 1 amide bonds. The molecule has 0 saturated carbocycles. The van der Waals surface area contributed by atoms with Crippen LogP contribution in [0.25, 0.3) is 21.8 Å². The molecule has 0 atom stereocenters.